The summed E-state index contributed by atoms with van der Waals surface area (Å²) in [7, 11) is 0. The molecule has 3 rings (SSSR count). The van der Waals surface area contributed by atoms with E-state index in [1.807, 2.05) is 18.2 Å². The van der Waals surface area contributed by atoms with Gasteiger partial charge in [-0.3, -0.25) is 4.98 Å². The van der Waals surface area contributed by atoms with Crippen LogP contribution in [0.1, 0.15) is 37.2 Å². The molecule has 0 radical (unpaired) electrons. The van der Waals surface area contributed by atoms with Gasteiger partial charge in [0.15, 0.2) is 5.82 Å². The summed E-state index contributed by atoms with van der Waals surface area (Å²) in [5.41, 5.74) is 0.963. The van der Waals surface area contributed by atoms with E-state index in [0.29, 0.717) is 18.3 Å². The molecule has 2 aromatic rings. The third kappa shape index (κ3) is 3.42. The number of nitrogens with one attached hydrogen (secondary N) is 1. The fourth-order valence-corrected chi connectivity index (χ4v) is 2.46. The molecule has 1 saturated carbocycles. The van der Waals surface area contributed by atoms with E-state index in [4.69, 9.17) is 4.52 Å². The standard InChI is InChI=1S/C15H20N4O/c1-2-16-13(11-6-7-11)10-15-18-14(19-20-15)9-12-5-3-4-8-17-12/h3-5,8,11,13,16H,2,6-7,9-10H2,1H3. The summed E-state index contributed by atoms with van der Waals surface area (Å²) in [6.07, 6.45) is 5.86. The lowest BCUT2D eigenvalue weighted by atomic mass is 10.1. The molecule has 5 nitrogen and oxygen atoms in total. The van der Waals surface area contributed by atoms with E-state index < -0.39 is 0 Å². The zero-order chi connectivity index (χ0) is 13.8. The van der Waals surface area contributed by atoms with E-state index in [9.17, 15) is 0 Å². The van der Waals surface area contributed by atoms with Crippen LogP contribution >= 0.6 is 0 Å². The Labute approximate surface area is 118 Å². The third-order valence-electron chi connectivity index (χ3n) is 3.63. The zero-order valence-corrected chi connectivity index (χ0v) is 11.7. The maximum atomic E-state index is 5.36. The number of pyridine rings is 1. The Balaban J connectivity index is 1.61. The van der Waals surface area contributed by atoms with Crippen LogP contribution in [0.4, 0.5) is 0 Å². The molecule has 2 heterocycles. The van der Waals surface area contributed by atoms with Crippen LogP contribution in [0, 0.1) is 5.92 Å². The van der Waals surface area contributed by atoms with Gasteiger partial charge >= 0.3 is 0 Å². The summed E-state index contributed by atoms with van der Waals surface area (Å²) in [6.45, 7) is 3.12. The van der Waals surface area contributed by atoms with E-state index in [1.54, 1.807) is 6.20 Å². The second-order valence-corrected chi connectivity index (χ2v) is 5.31. The molecule has 0 aliphatic heterocycles. The van der Waals surface area contributed by atoms with Crippen LogP contribution in [0.3, 0.4) is 0 Å². The Kier molecular flexibility index (Phi) is 4.06. The van der Waals surface area contributed by atoms with Gasteiger partial charge in [-0.15, -0.1) is 0 Å². The maximum Gasteiger partial charge on any atom is 0.228 e. The normalized spacial score (nSPS) is 16.2. The first-order valence-corrected chi connectivity index (χ1v) is 7.30. The third-order valence-corrected chi connectivity index (χ3v) is 3.63. The molecule has 1 aliphatic carbocycles. The quantitative estimate of drug-likeness (QED) is 0.835. The van der Waals surface area contributed by atoms with Crippen LogP contribution < -0.4 is 5.32 Å². The minimum absolute atomic E-state index is 0.475. The summed E-state index contributed by atoms with van der Waals surface area (Å²) in [6, 6.07) is 6.32. The summed E-state index contributed by atoms with van der Waals surface area (Å²) in [4.78, 5) is 8.76. The van der Waals surface area contributed by atoms with E-state index >= 15 is 0 Å². The molecule has 106 valence electrons. The first-order valence-electron chi connectivity index (χ1n) is 7.30. The van der Waals surface area contributed by atoms with Gasteiger partial charge in [0.25, 0.3) is 0 Å². The highest BCUT2D eigenvalue weighted by atomic mass is 16.5. The Morgan fingerprint density at radius 1 is 1.40 bits per heavy atom. The molecule has 0 saturated heterocycles. The molecule has 0 spiro atoms. The summed E-state index contributed by atoms with van der Waals surface area (Å²) in [5.74, 6) is 2.22. The monoisotopic (exact) mass is 272 g/mol. The van der Waals surface area contributed by atoms with Crippen molar-refractivity contribution in [3.63, 3.8) is 0 Å². The first kappa shape index (κ1) is 13.2. The molecule has 1 atom stereocenters. The average Bonchev–Trinajstić information content (AvgIpc) is 3.22. The van der Waals surface area contributed by atoms with Crippen molar-refractivity contribution in [1.82, 2.24) is 20.4 Å². The lowest BCUT2D eigenvalue weighted by molar-refractivity contribution is 0.345. The van der Waals surface area contributed by atoms with Gasteiger partial charge in [0.05, 0.1) is 6.42 Å². The minimum atomic E-state index is 0.475. The fourth-order valence-electron chi connectivity index (χ4n) is 2.46. The molecule has 1 fully saturated rings. The van der Waals surface area contributed by atoms with Crippen LogP contribution in [0.15, 0.2) is 28.9 Å². The first-order chi connectivity index (χ1) is 9.85. The highest BCUT2D eigenvalue weighted by Crippen LogP contribution is 2.33. The van der Waals surface area contributed by atoms with Crippen molar-refractivity contribution < 1.29 is 4.52 Å². The molecule has 0 amide bonds. The molecule has 1 aliphatic rings. The molecule has 0 bridgehead atoms. The van der Waals surface area contributed by atoms with Crippen molar-refractivity contribution in [3.05, 3.63) is 41.8 Å². The molecule has 1 N–H and O–H groups in total. The Hall–Kier alpha value is -1.75. The summed E-state index contributed by atoms with van der Waals surface area (Å²) < 4.78 is 5.36. The summed E-state index contributed by atoms with van der Waals surface area (Å²) in [5, 5.41) is 7.56. The minimum Gasteiger partial charge on any atom is -0.339 e. The van der Waals surface area contributed by atoms with Crippen LogP contribution in [-0.2, 0) is 12.8 Å². The second-order valence-electron chi connectivity index (χ2n) is 5.31. The number of nitrogens with zero attached hydrogens (tertiary/aromatic N) is 3. The van der Waals surface area contributed by atoms with E-state index in [2.05, 4.69) is 27.4 Å². The van der Waals surface area contributed by atoms with Crippen LogP contribution in [-0.4, -0.2) is 27.7 Å². The lowest BCUT2D eigenvalue weighted by Gasteiger charge is -2.14. The second kappa shape index (κ2) is 6.13. The highest BCUT2D eigenvalue weighted by molar-refractivity contribution is 5.09. The lowest BCUT2D eigenvalue weighted by Crippen LogP contribution is -2.33. The smallest absolute Gasteiger partial charge is 0.228 e. The topological polar surface area (TPSA) is 63.8 Å². The molecule has 2 aromatic heterocycles. The van der Waals surface area contributed by atoms with Gasteiger partial charge in [-0.05, 0) is 37.4 Å². The van der Waals surface area contributed by atoms with Crippen molar-refractivity contribution in [2.75, 3.05) is 6.54 Å². The van der Waals surface area contributed by atoms with Crippen molar-refractivity contribution in [2.45, 2.75) is 38.6 Å². The molecule has 1 unspecified atom stereocenters. The molecule has 20 heavy (non-hydrogen) atoms. The van der Waals surface area contributed by atoms with Gasteiger partial charge in [-0.2, -0.15) is 4.98 Å². The SMILES string of the molecule is CCNC(Cc1nc(Cc2ccccn2)no1)C1CC1. The van der Waals surface area contributed by atoms with Gasteiger partial charge in [0, 0.05) is 24.4 Å². The average molecular weight is 272 g/mol. The highest BCUT2D eigenvalue weighted by Gasteiger charge is 2.31. The van der Waals surface area contributed by atoms with Crippen LogP contribution in [0.2, 0.25) is 0 Å². The number of hydrogen-bond acceptors (Lipinski definition) is 5. The van der Waals surface area contributed by atoms with Crippen molar-refractivity contribution in [2.24, 2.45) is 5.92 Å². The van der Waals surface area contributed by atoms with E-state index in [-0.39, 0.29) is 0 Å². The fraction of sp³-hybridized carbons (Fsp3) is 0.533. The van der Waals surface area contributed by atoms with Gasteiger partial charge in [0.1, 0.15) is 0 Å². The van der Waals surface area contributed by atoms with Crippen LogP contribution in [0.5, 0.6) is 0 Å². The van der Waals surface area contributed by atoms with Gasteiger partial charge in [0.2, 0.25) is 5.89 Å². The molecule has 0 aromatic carbocycles. The Morgan fingerprint density at radius 2 is 2.30 bits per heavy atom. The van der Waals surface area contributed by atoms with Gasteiger partial charge < -0.3 is 9.84 Å². The van der Waals surface area contributed by atoms with E-state index in [1.165, 1.54) is 12.8 Å². The molecular formula is C15H20N4O. The van der Waals surface area contributed by atoms with Crippen molar-refractivity contribution in [1.29, 1.82) is 0 Å². The Morgan fingerprint density at radius 3 is 3.00 bits per heavy atom. The molecule has 5 heteroatoms. The number of rotatable bonds is 7. The molecular weight excluding hydrogens is 252 g/mol. The van der Waals surface area contributed by atoms with Gasteiger partial charge in [-0.25, -0.2) is 0 Å². The number of likely N-dealkylation sites (N-methyl/N-ethyl adjacent to an activating group) is 1. The van der Waals surface area contributed by atoms with Crippen LogP contribution in [0.25, 0.3) is 0 Å². The largest absolute Gasteiger partial charge is 0.339 e. The predicted molar refractivity (Wildman–Crippen MR) is 75.2 cm³/mol. The van der Waals surface area contributed by atoms with Gasteiger partial charge in [-0.1, -0.05) is 18.1 Å². The zero-order valence-electron chi connectivity index (χ0n) is 11.7. The van der Waals surface area contributed by atoms with E-state index in [0.717, 1.165) is 30.5 Å². The maximum absolute atomic E-state index is 5.36. The predicted octanol–water partition coefficient (Wildman–Crippen LogP) is 1.99. The summed E-state index contributed by atoms with van der Waals surface area (Å²) >= 11 is 0. The van der Waals surface area contributed by atoms with Crippen molar-refractivity contribution >= 4 is 0 Å². The van der Waals surface area contributed by atoms with Crippen molar-refractivity contribution in [3.8, 4) is 0 Å². The number of aromatic nitrogens is 3. The Bertz CT molecular complexity index is 536. The number of hydrogen-bond donors (Lipinski definition) is 1.